The Kier molecular flexibility index (Phi) is 5.54. The third-order valence-corrected chi connectivity index (χ3v) is 3.95. The Balaban J connectivity index is 1.58. The summed E-state index contributed by atoms with van der Waals surface area (Å²) in [7, 11) is 1.58. The summed E-state index contributed by atoms with van der Waals surface area (Å²) in [6, 6.07) is 23.4. The van der Waals surface area contributed by atoms with Crippen molar-refractivity contribution in [3.63, 3.8) is 0 Å². The van der Waals surface area contributed by atoms with Gasteiger partial charge >= 0.3 is 0 Å². The minimum Gasteiger partial charge on any atom is -0.493 e. The number of nitrogens with one attached hydrogen (secondary N) is 1. The number of carbonyl (C=O) groups is 1. The van der Waals surface area contributed by atoms with Crippen molar-refractivity contribution in [1.82, 2.24) is 0 Å². The molecule has 3 aromatic carbocycles. The van der Waals surface area contributed by atoms with Gasteiger partial charge in [-0.15, -0.1) is 0 Å². The monoisotopic (exact) mass is 347 g/mol. The standard InChI is InChI=1S/C22H21NO3/c1-16-8-13-20(21(14-16)25-2)26-15-22(24)23-19-11-9-18(10-12-19)17-6-4-3-5-7-17/h3-14H,15H2,1-2H3,(H,23,24). The summed E-state index contributed by atoms with van der Waals surface area (Å²) >= 11 is 0. The average molecular weight is 347 g/mol. The maximum Gasteiger partial charge on any atom is 0.262 e. The quantitative estimate of drug-likeness (QED) is 0.704. The molecule has 0 fully saturated rings. The fourth-order valence-corrected chi connectivity index (χ4v) is 2.61. The van der Waals surface area contributed by atoms with Crippen LogP contribution in [-0.4, -0.2) is 19.6 Å². The van der Waals surface area contributed by atoms with Gasteiger partial charge in [-0.05, 0) is 47.9 Å². The highest BCUT2D eigenvalue weighted by Gasteiger charge is 2.08. The molecule has 132 valence electrons. The van der Waals surface area contributed by atoms with Crippen LogP contribution in [-0.2, 0) is 4.79 Å². The number of methoxy groups -OCH3 is 1. The molecule has 0 saturated heterocycles. The van der Waals surface area contributed by atoms with E-state index in [1.807, 2.05) is 61.5 Å². The number of benzene rings is 3. The average Bonchev–Trinajstić information content (AvgIpc) is 2.68. The zero-order chi connectivity index (χ0) is 18.4. The van der Waals surface area contributed by atoms with Crippen molar-refractivity contribution in [3.05, 3.63) is 78.4 Å². The lowest BCUT2D eigenvalue weighted by atomic mass is 10.1. The number of anilines is 1. The molecule has 0 heterocycles. The molecule has 4 nitrogen and oxygen atoms in total. The van der Waals surface area contributed by atoms with Gasteiger partial charge in [0, 0.05) is 5.69 Å². The summed E-state index contributed by atoms with van der Waals surface area (Å²) in [6.07, 6.45) is 0. The largest absolute Gasteiger partial charge is 0.493 e. The molecule has 0 aliphatic heterocycles. The van der Waals surface area contributed by atoms with Crippen LogP contribution in [0.25, 0.3) is 11.1 Å². The van der Waals surface area contributed by atoms with Crippen LogP contribution in [0, 0.1) is 6.92 Å². The molecule has 0 bridgehead atoms. The molecule has 0 saturated carbocycles. The van der Waals surface area contributed by atoms with Gasteiger partial charge in [0.05, 0.1) is 7.11 Å². The van der Waals surface area contributed by atoms with Crippen LogP contribution in [0.5, 0.6) is 11.5 Å². The maximum atomic E-state index is 12.1. The molecule has 26 heavy (non-hydrogen) atoms. The number of carbonyl (C=O) groups excluding carboxylic acids is 1. The molecule has 0 unspecified atom stereocenters. The first-order chi connectivity index (χ1) is 12.7. The van der Waals surface area contributed by atoms with Crippen LogP contribution in [0.15, 0.2) is 72.8 Å². The van der Waals surface area contributed by atoms with Crippen molar-refractivity contribution in [2.45, 2.75) is 6.92 Å². The van der Waals surface area contributed by atoms with E-state index < -0.39 is 0 Å². The first-order valence-electron chi connectivity index (χ1n) is 8.38. The van der Waals surface area contributed by atoms with E-state index in [2.05, 4.69) is 17.4 Å². The van der Waals surface area contributed by atoms with E-state index in [-0.39, 0.29) is 12.5 Å². The van der Waals surface area contributed by atoms with E-state index in [1.54, 1.807) is 13.2 Å². The second-order valence-corrected chi connectivity index (χ2v) is 5.93. The number of hydrogen-bond acceptors (Lipinski definition) is 3. The minimum absolute atomic E-state index is 0.0835. The third kappa shape index (κ3) is 4.42. The lowest BCUT2D eigenvalue weighted by Gasteiger charge is -2.11. The van der Waals surface area contributed by atoms with Crippen molar-refractivity contribution >= 4 is 11.6 Å². The van der Waals surface area contributed by atoms with Gasteiger partial charge in [0.15, 0.2) is 18.1 Å². The van der Waals surface area contributed by atoms with E-state index in [0.29, 0.717) is 11.5 Å². The van der Waals surface area contributed by atoms with Crippen molar-refractivity contribution in [2.75, 3.05) is 19.0 Å². The lowest BCUT2D eigenvalue weighted by Crippen LogP contribution is -2.20. The molecule has 0 aliphatic carbocycles. The van der Waals surface area contributed by atoms with Crippen molar-refractivity contribution < 1.29 is 14.3 Å². The van der Waals surface area contributed by atoms with E-state index in [1.165, 1.54) is 0 Å². The van der Waals surface area contributed by atoms with Gasteiger partial charge in [0.1, 0.15) is 0 Å². The van der Waals surface area contributed by atoms with Crippen LogP contribution in [0.4, 0.5) is 5.69 Å². The summed E-state index contributed by atoms with van der Waals surface area (Å²) in [5, 5.41) is 2.83. The number of aryl methyl sites for hydroxylation is 1. The normalized spacial score (nSPS) is 10.2. The molecule has 4 heteroatoms. The molecule has 1 N–H and O–H groups in total. The van der Waals surface area contributed by atoms with Crippen molar-refractivity contribution in [2.24, 2.45) is 0 Å². The summed E-state index contributed by atoms with van der Waals surface area (Å²) in [5.41, 5.74) is 4.04. The zero-order valence-corrected chi connectivity index (χ0v) is 14.9. The summed E-state index contributed by atoms with van der Waals surface area (Å²) < 4.78 is 10.8. The number of amides is 1. The molecular weight excluding hydrogens is 326 g/mol. The van der Waals surface area contributed by atoms with E-state index in [0.717, 1.165) is 22.4 Å². The maximum absolute atomic E-state index is 12.1. The molecule has 0 spiro atoms. The van der Waals surface area contributed by atoms with Gasteiger partial charge in [-0.2, -0.15) is 0 Å². The molecular formula is C22H21NO3. The van der Waals surface area contributed by atoms with Crippen LogP contribution in [0.1, 0.15) is 5.56 Å². The fourth-order valence-electron chi connectivity index (χ4n) is 2.61. The summed E-state index contributed by atoms with van der Waals surface area (Å²) in [4.78, 5) is 12.1. The zero-order valence-electron chi connectivity index (χ0n) is 14.9. The number of ether oxygens (including phenoxy) is 2. The number of hydrogen-bond donors (Lipinski definition) is 1. The number of rotatable bonds is 6. The van der Waals surface area contributed by atoms with E-state index in [9.17, 15) is 4.79 Å². The Morgan fingerprint density at radius 1 is 0.885 bits per heavy atom. The molecule has 0 atom stereocenters. The Hall–Kier alpha value is -3.27. The lowest BCUT2D eigenvalue weighted by molar-refractivity contribution is -0.118. The molecule has 1 amide bonds. The van der Waals surface area contributed by atoms with Crippen LogP contribution in [0.2, 0.25) is 0 Å². The molecule has 0 aliphatic rings. The van der Waals surface area contributed by atoms with Gasteiger partial charge in [-0.3, -0.25) is 4.79 Å². The molecule has 0 radical (unpaired) electrons. The predicted octanol–water partition coefficient (Wildman–Crippen LogP) is 4.69. The van der Waals surface area contributed by atoms with Gasteiger partial charge in [-0.1, -0.05) is 48.5 Å². The van der Waals surface area contributed by atoms with Crippen LogP contribution in [0.3, 0.4) is 0 Å². The SMILES string of the molecule is COc1cc(C)ccc1OCC(=O)Nc1ccc(-c2ccccc2)cc1. The predicted molar refractivity (Wildman–Crippen MR) is 104 cm³/mol. The molecule has 3 rings (SSSR count). The second-order valence-electron chi connectivity index (χ2n) is 5.93. The summed E-state index contributed by atoms with van der Waals surface area (Å²) in [5.74, 6) is 0.942. The highest BCUT2D eigenvalue weighted by Crippen LogP contribution is 2.27. The highest BCUT2D eigenvalue weighted by atomic mass is 16.5. The van der Waals surface area contributed by atoms with E-state index >= 15 is 0 Å². The van der Waals surface area contributed by atoms with E-state index in [4.69, 9.17) is 9.47 Å². The van der Waals surface area contributed by atoms with Crippen molar-refractivity contribution in [1.29, 1.82) is 0 Å². The Labute approximate surface area is 153 Å². The highest BCUT2D eigenvalue weighted by molar-refractivity contribution is 5.92. The second kappa shape index (κ2) is 8.21. The molecule has 3 aromatic rings. The van der Waals surface area contributed by atoms with Gasteiger partial charge in [0.25, 0.3) is 5.91 Å². The minimum atomic E-state index is -0.222. The topological polar surface area (TPSA) is 47.6 Å². The summed E-state index contributed by atoms with van der Waals surface area (Å²) in [6.45, 7) is 1.89. The van der Waals surface area contributed by atoms with Crippen LogP contribution >= 0.6 is 0 Å². The third-order valence-electron chi connectivity index (χ3n) is 3.95. The fraction of sp³-hybridized carbons (Fsp3) is 0.136. The van der Waals surface area contributed by atoms with Crippen molar-refractivity contribution in [3.8, 4) is 22.6 Å². The first kappa shape index (κ1) is 17.5. The van der Waals surface area contributed by atoms with Crippen LogP contribution < -0.4 is 14.8 Å². The Bertz CT molecular complexity index is 874. The van der Waals surface area contributed by atoms with Gasteiger partial charge in [-0.25, -0.2) is 0 Å². The van der Waals surface area contributed by atoms with Gasteiger partial charge in [0.2, 0.25) is 0 Å². The van der Waals surface area contributed by atoms with Gasteiger partial charge < -0.3 is 14.8 Å². The first-order valence-corrected chi connectivity index (χ1v) is 8.38. The smallest absolute Gasteiger partial charge is 0.262 e. The Morgan fingerprint density at radius 2 is 1.58 bits per heavy atom. The molecule has 0 aromatic heterocycles. The Morgan fingerprint density at radius 3 is 2.27 bits per heavy atom.